The summed E-state index contributed by atoms with van der Waals surface area (Å²) in [7, 11) is 0. The van der Waals surface area contributed by atoms with Crippen LogP contribution in [0.3, 0.4) is 0 Å². The molecule has 1 aromatic heterocycles. The van der Waals surface area contributed by atoms with Gasteiger partial charge in [0.15, 0.2) is 5.58 Å². The summed E-state index contributed by atoms with van der Waals surface area (Å²) in [6.45, 7) is 9.06. The number of hydrogen-bond donors (Lipinski definition) is 0. The van der Waals surface area contributed by atoms with Gasteiger partial charge >= 0.3 is 0 Å². The van der Waals surface area contributed by atoms with Gasteiger partial charge in [0, 0.05) is 24.4 Å². The Morgan fingerprint density at radius 1 is 1.19 bits per heavy atom. The number of nitrogens with zero attached hydrogens (tertiary/aromatic N) is 2. The summed E-state index contributed by atoms with van der Waals surface area (Å²) < 4.78 is 5.76. The Labute approximate surface area is 157 Å². The van der Waals surface area contributed by atoms with Gasteiger partial charge in [-0.2, -0.15) is 0 Å². The van der Waals surface area contributed by atoms with E-state index in [1.54, 1.807) is 0 Å². The molecular formula is C21H22N2O2S. The number of amides is 1. The quantitative estimate of drug-likeness (QED) is 0.428. The summed E-state index contributed by atoms with van der Waals surface area (Å²) in [6, 6.07) is 15.4. The number of aromatic nitrogens is 1. The number of benzene rings is 2. The average molecular weight is 366 g/mol. The molecule has 2 aromatic carbocycles. The molecule has 5 heteroatoms. The SMILES string of the molecule is C=C(C)CN(CC)C(=O)c1ccccc1CSc1nc2ccccc2o1. The van der Waals surface area contributed by atoms with Crippen molar-refractivity contribution in [2.75, 3.05) is 13.1 Å². The van der Waals surface area contributed by atoms with E-state index >= 15 is 0 Å². The van der Waals surface area contributed by atoms with Crippen LogP contribution in [0, 0.1) is 0 Å². The Kier molecular flexibility index (Phi) is 5.78. The fourth-order valence-corrected chi connectivity index (χ4v) is 3.57. The zero-order valence-electron chi connectivity index (χ0n) is 15.1. The van der Waals surface area contributed by atoms with E-state index in [1.165, 1.54) is 11.8 Å². The Hall–Kier alpha value is -2.53. The fraction of sp³-hybridized carbons (Fsp3) is 0.238. The lowest BCUT2D eigenvalue weighted by atomic mass is 10.1. The molecule has 3 rings (SSSR count). The molecule has 0 N–H and O–H groups in total. The maximum atomic E-state index is 12.9. The Morgan fingerprint density at radius 3 is 2.65 bits per heavy atom. The van der Waals surface area contributed by atoms with E-state index in [1.807, 2.05) is 67.3 Å². The highest BCUT2D eigenvalue weighted by Crippen LogP contribution is 2.27. The molecule has 0 aliphatic rings. The molecule has 0 saturated heterocycles. The number of rotatable bonds is 7. The van der Waals surface area contributed by atoms with Crippen molar-refractivity contribution in [2.45, 2.75) is 24.8 Å². The molecule has 0 aliphatic carbocycles. The number of hydrogen-bond acceptors (Lipinski definition) is 4. The summed E-state index contributed by atoms with van der Waals surface area (Å²) in [4.78, 5) is 19.2. The van der Waals surface area contributed by atoms with Crippen LogP contribution < -0.4 is 0 Å². The van der Waals surface area contributed by atoms with Gasteiger partial charge in [-0.3, -0.25) is 4.79 Å². The second kappa shape index (κ2) is 8.23. The van der Waals surface area contributed by atoms with E-state index in [0.717, 1.165) is 27.8 Å². The van der Waals surface area contributed by atoms with Gasteiger partial charge in [-0.15, -0.1) is 0 Å². The Balaban J connectivity index is 1.78. The summed E-state index contributed by atoms with van der Waals surface area (Å²) >= 11 is 1.50. The maximum Gasteiger partial charge on any atom is 0.257 e. The van der Waals surface area contributed by atoms with E-state index in [2.05, 4.69) is 11.6 Å². The minimum atomic E-state index is 0.0317. The molecule has 1 amide bonds. The molecule has 0 aliphatic heterocycles. The van der Waals surface area contributed by atoms with Crippen LogP contribution in [0.1, 0.15) is 29.8 Å². The van der Waals surface area contributed by atoms with Crippen molar-refractivity contribution in [3.05, 3.63) is 71.8 Å². The van der Waals surface area contributed by atoms with Crippen molar-refractivity contribution in [3.8, 4) is 0 Å². The summed E-state index contributed by atoms with van der Waals surface area (Å²) in [5, 5.41) is 0.614. The second-order valence-electron chi connectivity index (χ2n) is 6.17. The van der Waals surface area contributed by atoms with Gasteiger partial charge in [-0.05, 0) is 37.6 Å². The molecule has 134 valence electrons. The number of thioether (sulfide) groups is 1. The maximum absolute atomic E-state index is 12.9. The standard InChI is InChI=1S/C21H22N2O2S/c1-4-23(13-15(2)3)20(24)17-10-6-5-9-16(17)14-26-21-22-18-11-7-8-12-19(18)25-21/h5-12H,2,4,13-14H2,1,3H3. The van der Waals surface area contributed by atoms with Crippen molar-refractivity contribution in [1.82, 2.24) is 9.88 Å². The van der Waals surface area contributed by atoms with E-state index in [9.17, 15) is 4.79 Å². The van der Waals surface area contributed by atoms with Gasteiger partial charge in [0.25, 0.3) is 11.1 Å². The van der Waals surface area contributed by atoms with Crippen molar-refractivity contribution >= 4 is 28.8 Å². The van der Waals surface area contributed by atoms with E-state index < -0.39 is 0 Å². The predicted octanol–water partition coefficient (Wildman–Crippen LogP) is 5.16. The molecular weight excluding hydrogens is 344 g/mol. The highest BCUT2D eigenvalue weighted by atomic mass is 32.2. The normalized spacial score (nSPS) is 10.8. The highest BCUT2D eigenvalue weighted by Gasteiger charge is 2.18. The first-order chi connectivity index (χ1) is 12.6. The number of fused-ring (bicyclic) bond motifs is 1. The van der Waals surface area contributed by atoms with Crippen LogP contribution in [0.2, 0.25) is 0 Å². The van der Waals surface area contributed by atoms with Gasteiger partial charge in [0.2, 0.25) is 0 Å². The minimum absolute atomic E-state index is 0.0317. The van der Waals surface area contributed by atoms with Crippen LogP contribution in [-0.2, 0) is 5.75 Å². The molecule has 0 bridgehead atoms. The van der Waals surface area contributed by atoms with Gasteiger partial charge in [-0.1, -0.05) is 54.2 Å². The van der Waals surface area contributed by atoms with E-state index in [4.69, 9.17) is 4.42 Å². The zero-order valence-corrected chi connectivity index (χ0v) is 15.9. The average Bonchev–Trinajstić information content (AvgIpc) is 3.07. The van der Waals surface area contributed by atoms with Gasteiger partial charge in [0.05, 0.1) is 0 Å². The van der Waals surface area contributed by atoms with Crippen molar-refractivity contribution in [3.63, 3.8) is 0 Å². The molecule has 0 saturated carbocycles. The van der Waals surface area contributed by atoms with Crippen LogP contribution in [0.25, 0.3) is 11.1 Å². The molecule has 26 heavy (non-hydrogen) atoms. The lowest BCUT2D eigenvalue weighted by Gasteiger charge is -2.22. The predicted molar refractivity (Wildman–Crippen MR) is 106 cm³/mol. The lowest BCUT2D eigenvalue weighted by Crippen LogP contribution is -2.32. The van der Waals surface area contributed by atoms with Gasteiger partial charge in [0.1, 0.15) is 5.52 Å². The number of carbonyl (C=O) groups excluding carboxylic acids is 1. The summed E-state index contributed by atoms with van der Waals surface area (Å²) in [5.41, 5.74) is 4.29. The van der Waals surface area contributed by atoms with Crippen LogP contribution in [-0.4, -0.2) is 28.9 Å². The molecule has 0 radical (unpaired) electrons. The van der Waals surface area contributed by atoms with Crippen molar-refractivity contribution in [1.29, 1.82) is 0 Å². The zero-order chi connectivity index (χ0) is 18.5. The van der Waals surface area contributed by atoms with Gasteiger partial charge < -0.3 is 9.32 Å². The molecule has 0 unspecified atom stereocenters. The first kappa shape index (κ1) is 18.3. The number of para-hydroxylation sites is 2. The molecule has 3 aromatic rings. The van der Waals surface area contributed by atoms with Crippen LogP contribution >= 0.6 is 11.8 Å². The Morgan fingerprint density at radius 2 is 1.92 bits per heavy atom. The summed E-state index contributed by atoms with van der Waals surface area (Å²) in [5.74, 6) is 0.656. The van der Waals surface area contributed by atoms with Crippen molar-refractivity contribution < 1.29 is 9.21 Å². The molecule has 0 atom stereocenters. The summed E-state index contributed by atoms with van der Waals surface area (Å²) in [6.07, 6.45) is 0. The van der Waals surface area contributed by atoms with Crippen LogP contribution in [0.15, 0.2) is 70.3 Å². The smallest absolute Gasteiger partial charge is 0.257 e. The minimum Gasteiger partial charge on any atom is -0.431 e. The van der Waals surface area contributed by atoms with E-state index in [-0.39, 0.29) is 5.91 Å². The van der Waals surface area contributed by atoms with Crippen LogP contribution in [0.5, 0.6) is 0 Å². The Bertz CT molecular complexity index is 899. The first-order valence-electron chi connectivity index (χ1n) is 8.58. The second-order valence-corrected chi connectivity index (χ2v) is 7.10. The van der Waals surface area contributed by atoms with Crippen molar-refractivity contribution in [2.24, 2.45) is 0 Å². The topological polar surface area (TPSA) is 46.3 Å². The number of likely N-dealkylation sites (N-methyl/N-ethyl adjacent to an activating group) is 1. The third-order valence-corrected chi connectivity index (χ3v) is 4.88. The molecule has 4 nitrogen and oxygen atoms in total. The third kappa shape index (κ3) is 4.17. The lowest BCUT2D eigenvalue weighted by molar-refractivity contribution is 0.0777. The largest absolute Gasteiger partial charge is 0.431 e. The van der Waals surface area contributed by atoms with E-state index in [0.29, 0.717) is 24.1 Å². The monoisotopic (exact) mass is 366 g/mol. The van der Waals surface area contributed by atoms with Gasteiger partial charge in [-0.25, -0.2) is 4.98 Å². The highest BCUT2D eigenvalue weighted by molar-refractivity contribution is 7.98. The number of carbonyl (C=O) groups is 1. The fourth-order valence-electron chi connectivity index (χ4n) is 2.73. The molecule has 1 heterocycles. The van der Waals surface area contributed by atoms with Crippen LogP contribution in [0.4, 0.5) is 0 Å². The first-order valence-corrected chi connectivity index (χ1v) is 9.57. The third-order valence-electron chi connectivity index (χ3n) is 4.00. The molecule has 0 spiro atoms. The number of oxazole rings is 1. The molecule has 0 fully saturated rings.